The van der Waals surface area contributed by atoms with Crippen LogP contribution in [0.15, 0.2) is 0 Å². The van der Waals surface area contributed by atoms with Gasteiger partial charge in [-0.1, -0.05) is 127 Å². The van der Waals surface area contributed by atoms with Crippen molar-refractivity contribution in [1.29, 1.82) is 0 Å². The molecule has 0 fully saturated rings. The molecule has 0 bridgehead atoms. The molecule has 0 aromatic carbocycles. The highest BCUT2D eigenvalue weighted by atomic mass is 33.1. The van der Waals surface area contributed by atoms with E-state index in [2.05, 4.69) is 45.7 Å². The molecular formula is C42H80N6O6S2. The zero-order valence-electron chi connectivity index (χ0n) is 36.3. The van der Waals surface area contributed by atoms with Crippen molar-refractivity contribution in [2.45, 2.75) is 194 Å². The SMILES string of the molecule is CCCCCCCCC(=O)NC(CC(C)C)C(=O)NC(CCC(=O)NC)CSSCC(CCC(=O)NC)NC(=O)C(CC(C)C)NC(=O)CCCCCCCC. The van der Waals surface area contributed by atoms with Crippen molar-refractivity contribution in [3.8, 4) is 0 Å². The molecule has 12 nitrogen and oxygen atoms in total. The van der Waals surface area contributed by atoms with Gasteiger partial charge in [-0.2, -0.15) is 0 Å². The van der Waals surface area contributed by atoms with Crippen molar-refractivity contribution in [1.82, 2.24) is 31.9 Å². The Balaban J connectivity index is 5.53. The molecule has 0 aromatic heterocycles. The van der Waals surface area contributed by atoms with Crippen LogP contribution in [0.4, 0.5) is 0 Å². The standard InChI is InChI=1S/C42H80N6O6S2/c1-9-11-13-15-17-19-21-39(51)47-35(27-31(3)4)41(53)45-33(23-25-37(49)43-7)29-55-56-30-34(24-26-38(50)44-8)46-42(54)36(28-32(5)6)48-40(52)22-20-18-16-14-12-10-2/h31-36H,9-30H2,1-8H3,(H,43,49)(H,44,50)(H,45,53)(H,46,54)(H,47,51)(H,48,52). The summed E-state index contributed by atoms with van der Waals surface area (Å²) >= 11 is 0. The van der Waals surface area contributed by atoms with E-state index < -0.39 is 12.1 Å². The summed E-state index contributed by atoms with van der Waals surface area (Å²) in [6.45, 7) is 12.4. The van der Waals surface area contributed by atoms with E-state index in [9.17, 15) is 28.8 Å². The van der Waals surface area contributed by atoms with E-state index in [1.54, 1.807) is 14.1 Å². The van der Waals surface area contributed by atoms with Crippen molar-refractivity contribution < 1.29 is 28.8 Å². The number of hydrogen-bond donors (Lipinski definition) is 6. The monoisotopic (exact) mass is 829 g/mol. The van der Waals surface area contributed by atoms with Gasteiger partial charge in [-0.15, -0.1) is 0 Å². The van der Waals surface area contributed by atoms with E-state index in [0.717, 1.165) is 38.5 Å². The number of rotatable bonds is 35. The minimum Gasteiger partial charge on any atom is -0.359 e. The van der Waals surface area contributed by atoms with E-state index in [1.165, 1.54) is 60.1 Å². The van der Waals surface area contributed by atoms with Gasteiger partial charge in [0.25, 0.3) is 0 Å². The third-order valence-electron chi connectivity index (χ3n) is 9.54. The normalized spacial score (nSPS) is 13.4. The Bertz CT molecular complexity index is 1030. The summed E-state index contributed by atoms with van der Waals surface area (Å²) in [5.74, 6) is 0.357. The molecule has 0 rings (SSSR count). The molecule has 0 spiro atoms. The molecule has 0 aromatic rings. The van der Waals surface area contributed by atoms with Gasteiger partial charge in [0.05, 0.1) is 0 Å². The van der Waals surface area contributed by atoms with Crippen LogP contribution in [0.2, 0.25) is 0 Å². The van der Waals surface area contributed by atoms with E-state index in [4.69, 9.17) is 0 Å². The minimum atomic E-state index is -0.669. The first-order valence-corrected chi connectivity index (χ1v) is 24.1. The van der Waals surface area contributed by atoms with Gasteiger partial charge in [0.1, 0.15) is 12.1 Å². The first-order valence-electron chi connectivity index (χ1n) is 21.6. The second-order valence-corrected chi connectivity index (χ2v) is 18.5. The summed E-state index contributed by atoms with van der Waals surface area (Å²) in [7, 11) is 6.21. The molecule has 0 aliphatic rings. The first kappa shape index (κ1) is 53.5. The maximum atomic E-state index is 13.6. The molecular weight excluding hydrogens is 749 g/mol. The van der Waals surface area contributed by atoms with Gasteiger partial charge in [-0.25, -0.2) is 0 Å². The van der Waals surface area contributed by atoms with Crippen LogP contribution in [0.3, 0.4) is 0 Å². The van der Waals surface area contributed by atoms with Crippen LogP contribution in [-0.4, -0.2) is 85.2 Å². The molecule has 4 atom stereocenters. The summed E-state index contributed by atoms with van der Waals surface area (Å²) in [6, 6.07) is -2.01. The van der Waals surface area contributed by atoms with Crippen LogP contribution in [0.1, 0.15) is 170 Å². The number of carbonyl (C=O) groups is 6. The van der Waals surface area contributed by atoms with Gasteiger partial charge >= 0.3 is 0 Å². The van der Waals surface area contributed by atoms with E-state index >= 15 is 0 Å². The Labute approximate surface area is 348 Å². The molecule has 0 saturated heterocycles. The lowest BCUT2D eigenvalue weighted by Gasteiger charge is -2.25. The van der Waals surface area contributed by atoms with Gasteiger partial charge < -0.3 is 31.9 Å². The molecule has 4 unspecified atom stereocenters. The number of amides is 6. The molecule has 326 valence electrons. The molecule has 56 heavy (non-hydrogen) atoms. The maximum Gasteiger partial charge on any atom is 0.242 e. The third kappa shape index (κ3) is 29.7. The molecule has 0 aliphatic heterocycles. The Hall–Kier alpha value is -2.48. The van der Waals surface area contributed by atoms with Crippen LogP contribution in [0.25, 0.3) is 0 Å². The van der Waals surface area contributed by atoms with Crippen molar-refractivity contribution in [2.75, 3.05) is 25.6 Å². The van der Waals surface area contributed by atoms with Crippen LogP contribution in [0, 0.1) is 11.8 Å². The van der Waals surface area contributed by atoms with Crippen molar-refractivity contribution in [3.05, 3.63) is 0 Å². The summed E-state index contributed by atoms with van der Waals surface area (Å²) in [4.78, 5) is 77.2. The lowest BCUT2D eigenvalue weighted by atomic mass is 10.0. The smallest absolute Gasteiger partial charge is 0.242 e. The Morgan fingerprint density at radius 2 is 0.786 bits per heavy atom. The predicted molar refractivity (Wildman–Crippen MR) is 234 cm³/mol. The highest BCUT2D eigenvalue weighted by molar-refractivity contribution is 8.76. The third-order valence-corrected chi connectivity index (χ3v) is 12.1. The van der Waals surface area contributed by atoms with Crippen LogP contribution < -0.4 is 31.9 Å². The minimum absolute atomic E-state index is 0.119. The number of hydrogen-bond acceptors (Lipinski definition) is 8. The highest BCUT2D eigenvalue weighted by Crippen LogP contribution is 2.25. The quantitative estimate of drug-likeness (QED) is 0.0294. The summed E-state index contributed by atoms with van der Waals surface area (Å²) in [5.41, 5.74) is 0. The van der Waals surface area contributed by atoms with Crippen molar-refractivity contribution in [2.24, 2.45) is 11.8 Å². The highest BCUT2D eigenvalue weighted by Gasteiger charge is 2.27. The maximum absolute atomic E-state index is 13.6. The lowest BCUT2D eigenvalue weighted by molar-refractivity contribution is -0.130. The summed E-state index contributed by atoms with van der Waals surface area (Å²) in [6.07, 6.45) is 16.0. The van der Waals surface area contributed by atoms with Gasteiger partial charge in [0.2, 0.25) is 35.4 Å². The Morgan fingerprint density at radius 1 is 0.446 bits per heavy atom. The molecule has 0 radical (unpaired) electrons. The number of nitrogens with one attached hydrogen (secondary N) is 6. The molecule has 0 aliphatic carbocycles. The average molecular weight is 829 g/mol. The number of unbranched alkanes of at least 4 members (excludes halogenated alkanes) is 10. The topological polar surface area (TPSA) is 175 Å². The van der Waals surface area contributed by atoms with E-state index in [1.807, 2.05) is 27.7 Å². The van der Waals surface area contributed by atoms with Gasteiger partial charge in [0, 0.05) is 63.4 Å². The summed E-state index contributed by atoms with van der Waals surface area (Å²) < 4.78 is 0. The second kappa shape index (κ2) is 34.6. The predicted octanol–water partition coefficient (Wildman–Crippen LogP) is 6.95. The van der Waals surface area contributed by atoms with E-state index in [0.29, 0.717) is 50.0 Å². The van der Waals surface area contributed by atoms with Crippen molar-refractivity contribution >= 4 is 57.0 Å². The average Bonchev–Trinajstić information content (AvgIpc) is 3.15. The van der Waals surface area contributed by atoms with Gasteiger partial charge in [0.15, 0.2) is 0 Å². The second-order valence-electron chi connectivity index (χ2n) is 15.9. The fourth-order valence-electron chi connectivity index (χ4n) is 6.19. The number of carbonyl (C=O) groups excluding carboxylic acids is 6. The van der Waals surface area contributed by atoms with Crippen LogP contribution in [-0.2, 0) is 28.8 Å². The largest absolute Gasteiger partial charge is 0.359 e. The van der Waals surface area contributed by atoms with Crippen LogP contribution >= 0.6 is 21.6 Å². The van der Waals surface area contributed by atoms with Gasteiger partial charge in [-0.3, -0.25) is 28.8 Å². The molecule has 6 amide bonds. The first-order chi connectivity index (χ1) is 26.8. The van der Waals surface area contributed by atoms with E-state index in [-0.39, 0.29) is 72.2 Å². The molecule has 0 saturated carbocycles. The fourth-order valence-corrected chi connectivity index (χ4v) is 8.77. The molecule has 14 heteroatoms. The zero-order chi connectivity index (χ0) is 42.1. The Morgan fingerprint density at radius 3 is 1.11 bits per heavy atom. The molecule has 0 heterocycles. The van der Waals surface area contributed by atoms with Crippen molar-refractivity contribution in [3.63, 3.8) is 0 Å². The fraction of sp³-hybridized carbons (Fsp3) is 0.857. The lowest BCUT2D eigenvalue weighted by Crippen LogP contribution is -2.51. The van der Waals surface area contributed by atoms with Crippen LogP contribution in [0.5, 0.6) is 0 Å². The zero-order valence-corrected chi connectivity index (χ0v) is 37.9. The van der Waals surface area contributed by atoms with Gasteiger partial charge in [-0.05, 0) is 50.4 Å². The summed E-state index contributed by atoms with van der Waals surface area (Å²) in [5, 5.41) is 17.5. The molecule has 6 N–H and O–H groups in total. The Kier molecular flexibility index (Phi) is 33.0.